The number of hydrogen-bond donors (Lipinski definition) is 1. The lowest BCUT2D eigenvalue weighted by molar-refractivity contribution is 0.202. The van der Waals surface area contributed by atoms with Gasteiger partial charge in [0.15, 0.2) is 0 Å². The number of rotatable bonds is 3. The Balaban J connectivity index is 2.26. The fraction of sp³-hybridized carbons (Fsp3) is 0.273. The molecule has 0 aliphatic heterocycles. The van der Waals surface area contributed by atoms with Crippen molar-refractivity contribution in [3.63, 3.8) is 0 Å². The average Bonchev–Trinajstić information content (AvgIpc) is 2.61. The maximum atomic E-state index is 5.03. The molecular weight excluding hydrogens is 162 g/mol. The summed E-state index contributed by atoms with van der Waals surface area (Å²) < 4.78 is 5.03. The highest BCUT2D eigenvalue weighted by atomic mass is 16.5. The van der Waals surface area contributed by atoms with Crippen molar-refractivity contribution in [3.05, 3.63) is 36.0 Å². The first-order chi connectivity index (χ1) is 6.40. The zero-order valence-electron chi connectivity index (χ0n) is 7.71. The van der Waals surface area contributed by atoms with Gasteiger partial charge < -0.3 is 9.72 Å². The third kappa shape index (κ3) is 1.73. The standard InChI is InChI=1S/C11H13NO/c1-13-7-5-9-2-3-10-4-6-12-11(10)8-9/h2-4,6,8,12H,5,7H2,1H3. The van der Waals surface area contributed by atoms with Crippen LogP contribution in [0.3, 0.4) is 0 Å². The van der Waals surface area contributed by atoms with Crippen LogP contribution in [0, 0.1) is 0 Å². The van der Waals surface area contributed by atoms with E-state index in [9.17, 15) is 0 Å². The van der Waals surface area contributed by atoms with E-state index in [4.69, 9.17) is 4.74 Å². The van der Waals surface area contributed by atoms with Crippen LogP contribution in [0.15, 0.2) is 30.5 Å². The van der Waals surface area contributed by atoms with Crippen molar-refractivity contribution in [2.75, 3.05) is 13.7 Å². The second-order valence-corrected chi connectivity index (χ2v) is 3.14. The summed E-state index contributed by atoms with van der Waals surface area (Å²) in [6, 6.07) is 8.54. The summed E-state index contributed by atoms with van der Waals surface area (Å²) in [4.78, 5) is 3.20. The molecule has 2 aromatic rings. The quantitative estimate of drug-likeness (QED) is 0.761. The molecule has 0 saturated carbocycles. The van der Waals surface area contributed by atoms with Gasteiger partial charge in [0.1, 0.15) is 0 Å². The Labute approximate surface area is 77.5 Å². The highest BCUT2D eigenvalue weighted by molar-refractivity contribution is 5.79. The van der Waals surface area contributed by atoms with Crippen molar-refractivity contribution in [2.24, 2.45) is 0 Å². The average molecular weight is 175 g/mol. The summed E-state index contributed by atoms with van der Waals surface area (Å²) in [7, 11) is 1.73. The van der Waals surface area contributed by atoms with E-state index in [2.05, 4.69) is 29.2 Å². The Kier molecular flexibility index (Phi) is 2.32. The zero-order chi connectivity index (χ0) is 9.10. The molecule has 1 N–H and O–H groups in total. The molecule has 0 fully saturated rings. The minimum Gasteiger partial charge on any atom is -0.384 e. The molecule has 1 aromatic heterocycles. The molecule has 68 valence electrons. The van der Waals surface area contributed by atoms with Crippen molar-refractivity contribution in [1.29, 1.82) is 0 Å². The summed E-state index contributed by atoms with van der Waals surface area (Å²) >= 11 is 0. The monoisotopic (exact) mass is 175 g/mol. The molecule has 0 saturated heterocycles. The Hall–Kier alpha value is -1.28. The summed E-state index contributed by atoms with van der Waals surface area (Å²) in [5.41, 5.74) is 2.52. The van der Waals surface area contributed by atoms with Crippen LogP contribution in [-0.4, -0.2) is 18.7 Å². The van der Waals surface area contributed by atoms with Crippen molar-refractivity contribution in [3.8, 4) is 0 Å². The number of hydrogen-bond acceptors (Lipinski definition) is 1. The number of nitrogens with one attached hydrogen (secondary N) is 1. The number of fused-ring (bicyclic) bond motifs is 1. The molecule has 0 aliphatic rings. The van der Waals surface area contributed by atoms with Gasteiger partial charge in [0.2, 0.25) is 0 Å². The lowest BCUT2D eigenvalue weighted by atomic mass is 10.1. The molecule has 0 amide bonds. The summed E-state index contributed by atoms with van der Waals surface area (Å²) in [5.74, 6) is 0. The second-order valence-electron chi connectivity index (χ2n) is 3.14. The molecule has 13 heavy (non-hydrogen) atoms. The minimum atomic E-state index is 0.784. The molecule has 0 radical (unpaired) electrons. The Bertz CT molecular complexity index is 392. The predicted octanol–water partition coefficient (Wildman–Crippen LogP) is 2.36. The van der Waals surface area contributed by atoms with Crippen molar-refractivity contribution in [1.82, 2.24) is 4.98 Å². The number of aromatic amines is 1. The SMILES string of the molecule is COCCc1ccc2cc[nH]c2c1. The minimum absolute atomic E-state index is 0.784. The molecule has 0 aliphatic carbocycles. The number of benzene rings is 1. The van der Waals surface area contributed by atoms with Gasteiger partial charge in [-0.25, -0.2) is 0 Å². The lowest BCUT2D eigenvalue weighted by Gasteiger charge is -1.99. The molecule has 1 heterocycles. The number of H-pyrrole nitrogens is 1. The van der Waals surface area contributed by atoms with Gasteiger partial charge in [0.25, 0.3) is 0 Å². The maximum absolute atomic E-state index is 5.03. The van der Waals surface area contributed by atoms with Gasteiger partial charge in [-0.05, 0) is 29.5 Å². The first-order valence-corrected chi connectivity index (χ1v) is 4.45. The van der Waals surface area contributed by atoms with Crippen LogP contribution in [0.1, 0.15) is 5.56 Å². The zero-order valence-corrected chi connectivity index (χ0v) is 7.71. The van der Waals surface area contributed by atoms with Gasteiger partial charge >= 0.3 is 0 Å². The normalized spacial score (nSPS) is 10.8. The van der Waals surface area contributed by atoms with Gasteiger partial charge in [-0.15, -0.1) is 0 Å². The van der Waals surface area contributed by atoms with E-state index in [-0.39, 0.29) is 0 Å². The van der Waals surface area contributed by atoms with Gasteiger partial charge in [0.05, 0.1) is 6.61 Å². The van der Waals surface area contributed by atoms with E-state index >= 15 is 0 Å². The van der Waals surface area contributed by atoms with Crippen LogP contribution in [0.2, 0.25) is 0 Å². The smallest absolute Gasteiger partial charge is 0.0502 e. The first-order valence-electron chi connectivity index (χ1n) is 4.45. The van der Waals surface area contributed by atoms with Crippen LogP contribution in [-0.2, 0) is 11.2 Å². The molecule has 2 heteroatoms. The summed E-state index contributed by atoms with van der Waals surface area (Å²) in [6.45, 7) is 0.784. The fourth-order valence-corrected chi connectivity index (χ4v) is 1.47. The molecule has 2 rings (SSSR count). The van der Waals surface area contributed by atoms with Gasteiger partial charge in [-0.3, -0.25) is 0 Å². The number of aromatic nitrogens is 1. The third-order valence-electron chi connectivity index (χ3n) is 2.21. The van der Waals surface area contributed by atoms with Crippen molar-refractivity contribution in [2.45, 2.75) is 6.42 Å². The molecule has 0 spiro atoms. The highest BCUT2D eigenvalue weighted by Gasteiger charge is 1.96. The van der Waals surface area contributed by atoms with Gasteiger partial charge in [-0.2, -0.15) is 0 Å². The maximum Gasteiger partial charge on any atom is 0.0502 e. The van der Waals surface area contributed by atoms with E-state index in [1.807, 2.05) is 6.20 Å². The van der Waals surface area contributed by atoms with Gasteiger partial charge in [-0.1, -0.05) is 12.1 Å². The summed E-state index contributed by atoms with van der Waals surface area (Å²) in [5, 5.41) is 1.26. The van der Waals surface area contributed by atoms with Crippen molar-refractivity contribution >= 4 is 10.9 Å². The molecule has 1 aromatic carbocycles. The largest absolute Gasteiger partial charge is 0.384 e. The van der Waals surface area contributed by atoms with E-state index in [0.29, 0.717) is 0 Å². The van der Waals surface area contributed by atoms with Gasteiger partial charge in [0, 0.05) is 18.8 Å². The van der Waals surface area contributed by atoms with Crippen LogP contribution in [0.25, 0.3) is 10.9 Å². The fourth-order valence-electron chi connectivity index (χ4n) is 1.47. The molecular formula is C11H13NO. The third-order valence-corrected chi connectivity index (χ3v) is 2.21. The van der Waals surface area contributed by atoms with E-state index in [1.54, 1.807) is 7.11 Å². The number of methoxy groups -OCH3 is 1. The molecule has 0 atom stereocenters. The first kappa shape index (κ1) is 8.32. The van der Waals surface area contributed by atoms with E-state index in [1.165, 1.54) is 16.5 Å². The van der Waals surface area contributed by atoms with E-state index in [0.717, 1.165) is 13.0 Å². The van der Waals surface area contributed by atoms with Crippen LogP contribution in [0.5, 0.6) is 0 Å². The number of ether oxygens (including phenoxy) is 1. The van der Waals surface area contributed by atoms with Crippen LogP contribution >= 0.6 is 0 Å². The highest BCUT2D eigenvalue weighted by Crippen LogP contribution is 2.14. The van der Waals surface area contributed by atoms with Crippen LogP contribution < -0.4 is 0 Å². The Morgan fingerprint density at radius 2 is 2.23 bits per heavy atom. The summed E-state index contributed by atoms with van der Waals surface area (Å²) in [6.07, 6.45) is 2.94. The molecule has 0 unspecified atom stereocenters. The molecule has 0 bridgehead atoms. The second kappa shape index (κ2) is 3.62. The van der Waals surface area contributed by atoms with Crippen LogP contribution in [0.4, 0.5) is 0 Å². The topological polar surface area (TPSA) is 25.0 Å². The Morgan fingerprint density at radius 3 is 3.08 bits per heavy atom. The predicted molar refractivity (Wildman–Crippen MR) is 53.9 cm³/mol. The Morgan fingerprint density at radius 1 is 1.31 bits per heavy atom. The van der Waals surface area contributed by atoms with E-state index < -0.39 is 0 Å². The van der Waals surface area contributed by atoms with Crippen molar-refractivity contribution < 1.29 is 4.74 Å². The lowest BCUT2D eigenvalue weighted by Crippen LogP contribution is -1.93. The molecule has 2 nitrogen and oxygen atoms in total.